The summed E-state index contributed by atoms with van der Waals surface area (Å²) in [6.07, 6.45) is 0.168. The van der Waals surface area contributed by atoms with Crippen LogP contribution in [0.5, 0.6) is 5.75 Å². The van der Waals surface area contributed by atoms with E-state index >= 15 is 0 Å². The fourth-order valence-corrected chi connectivity index (χ4v) is 5.17. The lowest BCUT2D eigenvalue weighted by Crippen LogP contribution is -2.31. The van der Waals surface area contributed by atoms with E-state index in [0.717, 1.165) is 21.6 Å². The SMILES string of the molecule is COc1ccc(S(=O)(=O)N[C@H](c2ccccc2)c2ccccc2C)cc1N1C(=O)CCC1=O. The molecule has 4 rings (SSSR count). The standard InChI is InChI=1S/C25H24N2O5S/c1-17-8-6-7-11-20(17)25(18-9-4-3-5-10-18)26-33(30,31)19-12-13-22(32-2)21(16-19)27-23(28)14-15-24(27)29/h3-13,16,25-26H,14-15H2,1-2H3/t25-/m1/s1. The number of rotatable bonds is 7. The highest BCUT2D eigenvalue weighted by Crippen LogP contribution is 2.35. The van der Waals surface area contributed by atoms with Gasteiger partial charge in [0.2, 0.25) is 21.8 Å². The van der Waals surface area contributed by atoms with Crippen molar-refractivity contribution in [3.63, 3.8) is 0 Å². The first kappa shape index (κ1) is 22.7. The van der Waals surface area contributed by atoms with Gasteiger partial charge >= 0.3 is 0 Å². The first-order chi connectivity index (χ1) is 15.8. The lowest BCUT2D eigenvalue weighted by molar-refractivity contribution is -0.121. The van der Waals surface area contributed by atoms with Crippen LogP contribution in [0.1, 0.15) is 35.6 Å². The zero-order valence-corrected chi connectivity index (χ0v) is 19.1. The molecule has 8 heteroatoms. The minimum absolute atomic E-state index is 0.0692. The number of ether oxygens (including phenoxy) is 1. The minimum Gasteiger partial charge on any atom is -0.495 e. The molecule has 1 N–H and O–H groups in total. The maximum Gasteiger partial charge on any atom is 0.241 e. The van der Waals surface area contributed by atoms with Crippen LogP contribution in [-0.2, 0) is 19.6 Å². The van der Waals surface area contributed by atoms with Crippen molar-refractivity contribution in [2.24, 2.45) is 0 Å². The molecule has 1 fully saturated rings. The molecule has 0 aliphatic carbocycles. The lowest BCUT2D eigenvalue weighted by atomic mass is 9.96. The number of nitrogens with one attached hydrogen (secondary N) is 1. The zero-order chi connectivity index (χ0) is 23.6. The number of hydrogen-bond donors (Lipinski definition) is 1. The van der Waals surface area contributed by atoms with E-state index in [2.05, 4.69) is 4.72 Å². The van der Waals surface area contributed by atoms with Crippen molar-refractivity contribution in [1.82, 2.24) is 4.72 Å². The van der Waals surface area contributed by atoms with E-state index in [4.69, 9.17) is 4.74 Å². The number of aryl methyl sites for hydroxylation is 1. The molecular formula is C25H24N2O5S. The van der Waals surface area contributed by atoms with Crippen LogP contribution in [0, 0.1) is 6.92 Å². The van der Waals surface area contributed by atoms with Gasteiger partial charge < -0.3 is 4.74 Å². The number of imide groups is 1. The molecule has 1 saturated heterocycles. The molecule has 0 spiro atoms. The van der Waals surface area contributed by atoms with Crippen LogP contribution >= 0.6 is 0 Å². The van der Waals surface area contributed by atoms with Crippen LogP contribution in [0.25, 0.3) is 0 Å². The first-order valence-electron chi connectivity index (χ1n) is 10.5. The van der Waals surface area contributed by atoms with E-state index in [1.165, 1.54) is 25.3 Å². The van der Waals surface area contributed by atoms with Gasteiger partial charge in [0.05, 0.1) is 23.7 Å². The highest BCUT2D eigenvalue weighted by atomic mass is 32.2. The Morgan fingerprint density at radius 2 is 1.55 bits per heavy atom. The van der Waals surface area contributed by atoms with Crippen molar-refractivity contribution in [2.45, 2.75) is 30.7 Å². The summed E-state index contributed by atoms with van der Waals surface area (Å²) < 4.78 is 35.1. The van der Waals surface area contributed by atoms with Gasteiger partial charge in [-0.15, -0.1) is 0 Å². The van der Waals surface area contributed by atoms with Crippen molar-refractivity contribution in [2.75, 3.05) is 12.0 Å². The maximum absolute atomic E-state index is 13.5. The fourth-order valence-electron chi connectivity index (χ4n) is 3.95. The molecule has 0 bridgehead atoms. The molecule has 170 valence electrons. The molecule has 3 aromatic carbocycles. The van der Waals surface area contributed by atoms with E-state index in [0.29, 0.717) is 0 Å². The average molecular weight is 465 g/mol. The molecule has 7 nitrogen and oxygen atoms in total. The quantitative estimate of drug-likeness (QED) is 0.538. The van der Waals surface area contributed by atoms with Gasteiger partial charge in [-0.3, -0.25) is 9.59 Å². The maximum atomic E-state index is 13.5. The highest BCUT2D eigenvalue weighted by Gasteiger charge is 2.34. The van der Waals surface area contributed by atoms with E-state index in [1.54, 1.807) is 0 Å². The normalized spacial score (nSPS) is 15.0. The molecule has 0 saturated carbocycles. The second-order valence-corrected chi connectivity index (χ2v) is 9.49. The van der Waals surface area contributed by atoms with Crippen molar-refractivity contribution < 1.29 is 22.7 Å². The molecule has 1 aliphatic heterocycles. The van der Waals surface area contributed by atoms with Gasteiger partial charge in [0.15, 0.2) is 0 Å². The molecule has 0 unspecified atom stereocenters. The lowest BCUT2D eigenvalue weighted by Gasteiger charge is -2.23. The van der Waals surface area contributed by atoms with Crippen molar-refractivity contribution >= 4 is 27.5 Å². The summed E-state index contributed by atoms with van der Waals surface area (Å²) in [5.41, 5.74) is 2.68. The Labute approximate surface area is 193 Å². The summed E-state index contributed by atoms with van der Waals surface area (Å²) >= 11 is 0. The summed E-state index contributed by atoms with van der Waals surface area (Å²) in [5, 5.41) is 0. The Kier molecular flexibility index (Phi) is 6.31. The van der Waals surface area contributed by atoms with E-state index in [-0.39, 0.29) is 41.0 Å². The molecule has 0 aromatic heterocycles. The molecule has 1 atom stereocenters. The number of benzene rings is 3. The van der Waals surface area contributed by atoms with E-state index in [1.807, 2.05) is 61.5 Å². The summed E-state index contributed by atoms with van der Waals surface area (Å²) in [4.78, 5) is 25.5. The van der Waals surface area contributed by atoms with Gasteiger partial charge in [0.1, 0.15) is 5.75 Å². The molecule has 2 amide bonds. The number of sulfonamides is 1. The minimum atomic E-state index is -4.04. The number of carbonyl (C=O) groups is 2. The van der Waals surface area contributed by atoms with Gasteiger partial charge in [-0.25, -0.2) is 13.3 Å². The van der Waals surface area contributed by atoms with E-state index < -0.39 is 16.1 Å². The second kappa shape index (κ2) is 9.17. The van der Waals surface area contributed by atoms with Crippen LogP contribution in [-0.4, -0.2) is 27.3 Å². The van der Waals surface area contributed by atoms with Gasteiger partial charge in [-0.1, -0.05) is 54.6 Å². The van der Waals surface area contributed by atoms with Gasteiger partial charge in [0.25, 0.3) is 0 Å². The topological polar surface area (TPSA) is 92.8 Å². The summed E-state index contributed by atoms with van der Waals surface area (Å²) in [6, 6.07) is 20.4. The smallest absolute Gasteiger partial charge is 0.241 e. The largest absolute Gasteiger partial charge is 0.495 e. The fraction of sp³-hybridized carbons (Fsp3) is 0.200. The number of nitrogens with zero attached hydrogens (tertiary/aromatic N) is 1. The Balaban J connectivity index is 1.77. The van der Waals surface area contributed by atoms with Crippen molar-refractivity contribution in [3.05, 3.63) is 89.5 Å². The molecule has 0 radical (unpaired) electrons. The molecule has 33 heavy (non-hydrogen) atoms. The van der Waals surface area contributed by atoms with Crippen LogP contribution in [0.3, 0.4) is 0 Å². The Morgan fingerprint density at radius 3 is 2.18 bits per heavy atom. The first-order valence-corrected chi connectivity index (χ1v) is 12.0. The number of methoxy groups -OCH3 is 1. The van der Waals surface area contributed by atoms with Crippen LogP contribution in [0.15, 0.2) is 77.7 Å². The monoisotopic (exact) mass is 464 g/mol. The molecule has 1 heterocycles. The Hall–Kier alpha value is -3.49. The summed E-state index contributed by atoms with van der Waals surface area (Å²) in [7, 11) is -2.64. The number of hydrogen-bond acceptors (Lipinski definition) is 5. The molecular weight excluding hydrogens is 440 g/mol. The van der Waals surface area contributed by atoms with E-state index in [9.17, 15) is 18.0 Å². The number of amides is 2. The number of carbonyl (C=O) groups excluding carboxylic acids is 2. The predicted octanol–water partition coefficient (Wildman–Crippen LogP) is 3.72. The third-order valence-corrected chi connectivity index (χ3v) is 7.08. The zero-order valence-electron chi connectivity index (χ0n) is 18.3. The van der Waals surface area contributed by atoms with Crippen LogP contribution in [0.2, 0.25) is 0 Å². The predicted molar refractivity (Wildman–Crippen MR) is 125 cm³/mol. The third-order valence-electron chi connectivity index (χ3n) is 5.66. The number of anilines is 1. The third kappa shape index (κ3) is 4.53. The van der Waals surface area contributed by atoms with Gasteiger partial charge in [-0.2, -0.15) is 4.72 Å². The van der Waals surface area contributed by atoms with Gasteiger partial charge in [0, 0.05) is 12.8 Å². The van der Waals surface area contributed by atoms with Crippen LogP contribution < -0.4 is 14.4 Å². The Bertz CT molecular complexity index is 1290. The summed E-state index contributed by atoms with van der Waals surface area (Å²) in [5.74, 6) is -0.526. The van der Waals surface area contributed by atoms with Crippen molar-refractivity contribution in [1.29, 1.82) is 0 Å². The molecule has 3 aromatic rings. The highest BCUT2D eigenvalue weighted by molar-refractivity contribution is 7.89. The average Bonchev–Trinajstić information content (AvgIpc) is 3.16. The second-order valence-electron chi connectivity index (χ2n) is 7.78. The Morgan fingerprint density at radius 1 is 0.909 bits per heavy atom. The van der Waals surface area contributed by atoms with Crippen LogP contribution in [0.4, 0.5) is 5.69 Å². The summed E-state index contributed by atoms with van der Waals surface area (Å²) in [6.45, 7) is 1.93. The van der Waals surface area contributed by atoms with Gasteiger partial charge in [-0.05, 0) is 41.8 Å². The molecule has 1 aliphatic rings. The van der Waals surface area contributed by atoms with Crippen molar-refractivity contribution in [3.8, 4) is 5.75 Å².